The van der Waals surface area contributed by atoms with Crippen LogP contribution in [0.3, 0.4) is 0 Å². The maximum Gasteiger partial charge on any atom is 0.255 e. The molecule has 0 bridgehead atoms. The summed E-state index contributed by atoms with van der Waals surface area (Å²) in [6.07, 6.45) is 1.91. The molecule has 0 N–H and O–H groups in total. The van der Waals surface area contributed by atoms with Crippen molar-refractivity contribution < 1.29 is 17.9 Å². The van der Waals surface area contributed by atoms with Gasteiger partial charge in [0.2, 0.25) is 5.88 Å². The Balaban J connectivity index is 1.69. The number of ether oxygens (including phenoxy) is 1. The van der Waals surface area contributed by atoms with Gasteiger partial charge in [-0.15, -0.1) is 11.3 Å². The van der Waals surface area contributed by atoms with Gasteiger partial charge in [0.1, 0.15) is 0 Å². The van der Waals surface area contributed by atoms with Crippen LogP contribution in [0.2, 0.25) is 0 Å². The Morgan fingerprint density at radius 1 is 1.33 bits per heavy atom. The second kappa shape index (κ2) is 8.39. The first-order valence-electron chi connectivity index (χ1n) is 9.00. The van der Waals surface area contributed by atoms with Gasteiger partial charge in [-0.1, -0.05) is 19.9 Å². The highest BCUT2D eigenvalue weighted by molar-refractivity contribution is 7.91. The largest absolute Gasteiger partial charge is 0.477 e. The molecular weight excluding hydrogens is 384 g/mol. The zero-order chi connectivity index (χ0) is 19.4. The van der Waals surface area contributed by atoms with Crippen LogP contribution in [-0.4, -0.2) is 49.7 Å². The number of carbonyl (C=O) groups excluding carboxylic acids is 1. The molecule has 6 nitrogen and oxygen atoms in total. The molecule has 1 aliphatic rings. The molecule has 146 valence electrons. The summed E-state index contributed by atoms with van der Waals surface area (Å²) in [6, 6.07) is 7.07. The smallest absolute Gasteiger partial charge is 0.255 e. The lowest BCUT2D eigenvalue weighted by molar-refractivity contribution is 0.0766. The van der Waals surface area contributed by atoms with E-state index in [4.69, 9.17) is 4.74 Å². The second-order valence-corrected chi connectivity index (χ2v) is 10.3. The molecule has 0 radical (unpaired) electrons. The Labute approximate surface area is 164 Å². The topological polar surface area (TPSA) is 76.6 Å². The monoisotopic (exact) mass is 408 g/mol. The van der Waals surface area contributed by atoms with E-state index in [9.17, 15) is 13.2 Å². The number of thiophene rings is 1. The van der Waals surface area contributed by atoms with Gasteiger partial charge in [0, 0.05) is 30.2 Å². The first kappa shape index (κ1) is 19.8. The molecule has 2 aromatic rings. The van der Waals surface area contributed by atoms with Crippen LogP contribution in [-0.2, 0) is 9.84 Å². The highest BCUT2D eigenvalue weighted by Crippen LogP contribution is 2.32. The van der Waals surface area contributed by atoms with Gasteiger partial charge in [0.15, 0.2) is 9.84 Å². The van der Waals surface area contributed by atoms with Crippen LogP contribution in [0.15, 0.2) is 35.8 Å². The van der Waals surface area contributed by atoms with Crippen LogP contribution in [0.4, 0.5) is 0 Å². The summed E-state index contributed by atoms with van der Waals surface area (Å²) < 4.78 is 30.8. The third-order valence-corrected chi connectivity index (χ3v) is 7.68. The fourth-order valence-corrected chi connectivity index (χ4v) is 5.97. The molecule has 8 heteroatoms. The van der Waals surface area contributed by atoms with E-state index in [0.29, 0.717) is 36.9 Å². The molecule has 1 saturated heterocycles. The van der Waals surface area contributed by atoms with Crippen LogP contribution in [0.5, 0.6) is 5.88 Å². The van der Waals surface area contributed by atoms with Crippen molar-refractivity contribution in [2.45, 2.75) is 25.5 Å². The molecule has 1 atom stereocenters. The standard InChI is InChI=1S/C19H24N2O4S2/c1-14(2)13-25-18-6-5-15(12-20-18)19(22)21-8-7-17(16-4-3-10-26-16)27(23,24)11-9-21/h3-6,10,12,14,17H,7-9,11,13H2,1-2H3. The Morgan fingerprint density at radius 3 is 2.78 bits per heavy atom. The van der Waals surface area contributed by atoms with E-state index >= 15 is 0 Å². The van der Waals surface area contributed by atoms with Gasteiger partial charge < -0.3 is 9.64 Å². The summed E-state index contributed by atoms with van der Waals surface area (Å²) in [4.78, 5) is 19.4. The average molecular weight is 409 g/mol. The van der Waals surface area contributed by atoms with E-state index in [2.05, 4.69) is 18.8 Å². The predicted octanol–water partition coefficient (Wildman–Crippen LogP) is 3.18. The summed E-state index contributed by atoms with van der Waals surface area (Å²) in [5.74, 6) is 0.657. The van der Waals surface area contributed by atoms with E-state index in [1.54, 1.807) is 17.0 Å². The number of sulfone groups is 1. The van der Waals surface area contributed by atoms with E-state index in [1.807, 2.05) is 17.5 Å². The maximum atomic E-state index is 12.8. The van der Waals surface area contributed by atoms with Crippen LogP contribution in [0, 0.1) is 5.92 Å². The average Bonchev–Trinajstić information content (AvgIpc) is 3.11. The first-order chi connectivity index (χ1) is 12.9. The fourth-order valence-electron chi connectivity index (χ4n) is 2.97. The number of hydrogen-bond acceptors (Lipinski definition) is 6. The molecule has 1 fully saturated rings. The number of carbonyl (C=O) groups is 1. The lowest BCUT2D eigenvalue weighted by atomic mass is 10.2. The molecule has 0 spiro atoms. The zero-order valence-corrected chi connectivity index (χ0v) is 17.1. The lowest BCUT2D eigenvalue weighted by Crippen LogP contribution is -2.33. The third kappa shape index (κ3) is 4.87. The normalized spacial score (nSPS) is 19.7. The maximum absolute atomic E-state index is 12.8. The van der Waals surface area contributed by atoms with E-state index < -0.39 is 15.1 Å². The molecule has 3 rings (SSSR count). The number of hydrogen-bond donors (Lipinski definition) is 0. The van der Waals surface area contributed by atoms with Gasteiger partial charge in [0.25, 0.3) is 5.91 Å². The highest BCUT2D eigenvalue weighted by atomic mass is 32.2. The fraction of sp³-hybridized carbons (Fsp3) is 0.474. The molecule has 0 aromatic carbocycles. The summed E-state index contributed by atoms with van der Waals surface area (Å²) in [5, 5.41) is 1.35. The molecule has 2 aromatic heterocycles. The summed E-state index contributed by atoms with van der Waals surface area (Å²) in [7, 11) is -3.27. The molecule has 0 aliphatic carbocycles. The van der Waals surface area contributed by atoms with Crippen molar-refractivity contribution in [1.82, 2.24) is 9.88 Å². The van der Waals surface area contributed by atoms with Crippen molar-refractivity contribution in [1.29, 1.82) is 0 Å². The molecule has 1 aliphatic heterocycles. The van der Waals surface area contributed by atoms with Gasteiger partial charge >= 0.3 is 0 Å². The molecule has 1 amide bonds. The van der Waals surface area contributed by atoms with Crippen molar-refractivity contribution in [3.8, 4) is 5.88 Å². The van der Waals surface area contributed by atoms with Crippen LogP contribution in [0.1, 0.15) is 40.8 Å². The number of nitrogens with zero attached hydrogens (tertiary/aromatic N) is 2. The predicted molar refractivity (Wildman–Crippen MR) is 106 cm³/mol. The Morgan fingerprint density at radius 2 is 2.15 bits per heavy atom. The molecule has 27 heavy (non-hydrogen) atoms. The molecular formula is C19H24N2O4S2. The molecule has 0 saturated carbocycles. The second-order valence-electron chi connectivity index (χ2n) is 7.04. The molecule has 3 heterocycles. The third-order valence-electron chi connectivity index (χ3n) is 4.44. The van der Waals surface area contributed by atoms with Gasteiger partial charge in [0.05, 0.1) is 23.2 Å². The lowest BCUT2D eigenvalue weighted by Gasteiger charge is -2.20. The SMILES string of the molecule is CC(C)COc1ccc(C(=O)N2CCC(c3cccs3)S(=O)(=O)CC2)cn1. The van der Waals surface area contributed by atoms with Gasteiger partial charge in [-0.25, -0.2) is 13.4 Å². The number of aromatic nitrogens is 1. The Hall–Kier alpha value is -1.93. The number of pyridine rings is 1. The number of amides is 1. The minimum atomic E-state index is -3.27. The minimum Gasteiger partial charge on any atom is -0.477 e. The van der Waals surface area contributed by atoms with Gasteiger partial charge in [-0.2, -0.15) is 0 Å². The minimum absolute atomic E-state index is 0.0235. The van der Waals surface area contributed by atoms with Gasteiger partial charge in [-0.3, -0.25) is 4.79 Å². The zero-order valence-electron chi connectivity index (χ0n) is 15.5. The van der Waals surface area contributed by atoms with Crippen LogP contribution in [0.25, 0.3) is 0 Å². The first-order valence-corrected chi connectivity index (χ1v) is 11.6. The van der Waals surface area contributed by atoms with Crippen LogP contribution < -0.4 is 4.74 Å². The quantitative estimate of drug-likeness (QED) is 0.759. The summed E-state index contributed by atoms with van der Waals surface area (Å²) >= 11 is 1.45. The van der Waals surface area contributed by atoms with Crippen molar-refractivity contribution in [3.63, 3.8) is 0 Å². The molecule has 1 unspecified atom stereocenters. The summed E-state index contributed by atoms with van der Waals surface area (Å²) in [5.41, 5.74) is 0.443. The Kier molecular flexibility index (Phi) is 6.16. The van der Waals surface area contributed by atoms with E-state index in [0.717, 1.165) is 4.88 Å². The van der Waals surface area contributed by atoms with Crippen LogP contribution >= 0.6 is 11.3 Å². The van der Waals surface area contributed by atoms with Crippen molar-refractivity contribution >= 4 is 27.1 Å². The van der Waals surface area contributed by atoms with Crippen molar-refractivity contribution in [2.24, 2.45) is 5.92 Å². The van der Waals surface area contributed by atoms with Gasteiger partial charge in [-0.05, 0) is 29.9 Å². The van der Waals surface area contributed by atoms with E-state index in [-0.39, 0.29) is 18.2 Å². The van der Waals surface area contributed by atoms with Crippen molar-refractivity contribution in [2.75, 3.05) is 25.4 Å². The number of rotatable bonds is 5. The summed E-state index contributed by atoms with van der Waals surface area (Å²) in [6.45, 7) is 5.28. The van der Waals surface area contributed by atoms with E-state index in [1.165, 1.54) is 17.5 Å². The van der Waals surface area contributed by atoms with Crippen molar-refractivity contribution in [3.05, 3.63) is 46.3 Å². The Bertz CT molecular complexity index is 862. The highest BCUT2D eigenvalue weighted by Gasteiger charge is 2.33.